The molecule has 1 aliphatic heterocycles. The average Bonchev–Trinajstić information content (AvgIpc) is 2.92. The zero-order valence-corrected chi connectivity index (χ0v) is 21.6. The van der Waals surface area contributed by atoms with E-state index < -0.39 is 18.0 Å². The van der Waals surface area contributed by atoms with Crippen molar-refractivity contribution in [2.75, 3.05) is 27.3 Å². The molecule has 2 atom stereocenters. The minimum atomic E-state index is -4.91. The Labute approximate surface area is 220 Å². The molecule has 2 amide bonds. The lowest BCUT2D eigenvalue weighted by atomic mass is 9.74. The first kappa shape index (κ1) is 27.6. The highest BCUT2D eigenvalue weighted by Gasteiger charge is 2.39. The van der Waals surface area contributed by atoms with Crippen LogP contribution in [-0.4, -0.2) is 56.4 Å². The second kappa shape index (κ2) is 12.0. The van der Waals surface area contributed by atoms with Crippen molar-refractivity contribution in [2.45, 2.75) is 50.9 Å². The van der Waals surface area contributed by atoms with E-state index in [1.54, 1.807) is 23.1 Å². The Hall–Kier alpha value is -3.43. The molecule has 4 rings (SSSR count). The number of ether oxygens (including phenoxy) is 3. The third kappa shape index (κ3) is 6.52. The number of nitrogens with one attached hydrogen (secondary N) is 1. The van der Waals surface area contributed by atoms with Crippen LogP contribution in [0.1, 0.15) is 59.2 Å². The number of para-hydroxylation sites is 1. The molecular weight excluding hydrogens is 501 g/mol. The summed E-state index contributed by atoms with van der Waals surface area (Å²) in [5.74, 6) is -0.0162. The zero-order chi connectivity index (χ0) is 27.3. The summed E-state index contributed by atoms with van der Waals surface area (Å²) in [6, 6.07) is 10.1. The molecule has 1 saturated carbocycles. The van der Waals surface area contributed by atoms with Gasteiger partial charge in [0.15, 0.2) is 11.5 Å². The van der Waals surface area contributed by atoms with Gasteiger partial charge in [-0.1, -0.05) is 44.2 Å². The molecule has 1 N–H and O–H groups in total. The number of rotatable bonds is 7. The van der Waals surface area contributed by atoms with Gasteiger partial charge in [0, 0.05) is 24.7 Å². The fourth-order valence-corrected chi connectivity index (χ4v) is 5.65. The summed E-state index contributed by atoms with van der Waals surface area (Å²) in [6.45, 7) is 0.853. The number of alkyl halides is 3. The number of nitrogens with zero attached hydrogens (tertiary/aromatic N) is 1. The van der Waals surface area contributed by atoms with E-state index in [2.05, 4.69) is 10.1 Å². The van der Waals surface area contributed by atoms with Crippen molar-refractivity contribution in [1.29, 1.82) is 0 Å². The van der Waals surface area contributed by atoms with Gasteiger partial charge in [-0.2, -0.15) is 0 Å². The number of halogens is 3. The van der Waals surface area contributed by atoms with E-state index >= 15 is 0 Å². The molecule has 0 bridgehead atoms. The Kier molecular flexibility index (Phi) is 8.69. The van der Waals surface area contributed by atoms with Gasteiger partial charge in [-0.15, -0.1) is 13.2 Å². The highest BCUT2D eigenvalue weighted by atomic mass is 19.4. The van der Waals surface area contributed by atoms with Gasteiger partial charge in [0.25, 0.3) is 11.8 Å². The second-order valence-corrected chi connectivity index (χ2v) is 9.80. The molecule has 0 radical (unpaired) electrons. The highest BCUT2D eigenvalue weighted by Crippen LogP contribution is 2.36. The van der Waals surface area contributed by atoms with Gasteiger partial charge < -0.3 is 24.4 Å². The SMILES string of the molecule is COc1ccc(C(=O)N2CC[C@@H](NC(=O)c3ccccc3OC(F)(F)F)C(C3CCCCC3)C2)cc1OC. The van der Waals surface area contributed by atoms with E-state index in [4.69, 9.17) is 9.47 Å². The topological polar surface area (TPSA) is 77.1 Å². The number of hydrogen-bond acceptors (Lipinski definition) is 5. The maximum absolute atomic E-state index is 13.4. The number of carbonyl (C=O) groups is 2. The van der Waals surface area contributed by atoms with Gasteiger partial charge in [-0.05, 0) is 48.6 Å². The first-order valence-corrected chi connectivity index (χ1v) is 12.9. The van der Waals surface area contributed by atoms with Gasteiger partial charge in [-0.25, -0.2) is 0 Å². The molecule has 0 aromatic heterocycles. The fraction of sp³-hybridized carbons (Fsp3) is 0.500. The van der Waals surface area contributed by atoms with Crippen LogP contribution in [0, 0.1) is 11.8 Å². The van der Waals surface area contributed by atoms with E-state index in [0.29, 0.717) is 42.5 Å². The summed E-state index contributed by atoms with van der Waals surface area (Å²) in [5, 5.41) is 2.98. The largest absolute Gasteiger partial charge is 0.573 e. The number of amides is 2. The van der Waals surface area contributed by atoms with Crippen LogP contribution in [-0.2, 0) is 0 Å². The third-order valence-electron chi connectivity index (χ3n) is 7.50. The van der Waals surface area contributed by atoms with E-state index in [9.17, 15) is 22.8 Å². The van der Waals surface area contributed by atoms with Gasteiger partial charge >= 0.3 is 6.36 Å². The summed E-state index contributed by atoms with van der Waals surface area (Å²) < 4.78 is 53.4. The van der Waals surface area contributed by atoms with Crippen LogP contribution in [0.4, 0.5) is 13.2 Å². The van der Waals surface area contributed by atoms with Crippen molar-refractivity contribution in [3.8, 4) is 17.2 Å². The van der Waals surface area contributed by atoms with Crippen LogP contribution < -0.4 is 19.5 Å². The minimum absolute atomic E-state index is 0.0206. The van der Waals surface area contributed by atoms with Crippen LogP contribution in [0.3, 0.4) is 0 Å². The molecule has 2 fully saturated rings. The molecular formula is C28H33F3N2O5. The number of likely N-dealkylation sites (tertiary alicyclic amines) is 1. The predicted octanol–water partition coefficient (Wildman–Crippen LogP) is 5.44. The number of hydrogen-bond donors (Lipinski definition) is 1. The predicted molar refractivity (Wildman–Crippen MR) is 135 cm³/mol. The summed E-state index contributed by atoms with van der Waals surface area (Å²) in [5.41, 5.74) is 0.307. The molecule has 1 aliphatic carbocycles. The van der Waals surface area contributed by atoms with E-state index in [1.165, 1.54) is 32.4 Å². The molecule has 2 aliphatic rings. The lowest BCUT2D eigenvalue weighted by Gasteiger charge is -2.43. The third-order valence-corrected chi connectivity index (χ3v) is 7.50. The maximum Gasteiger partial charge on any atom is 0.573 e. The fourth-order valence-electron chi connectivity index (χ4n) is 5.65. The molecule has 10 heteroatoms. The molecule has 1 unspecified atom stereocenters. The first-order chi connectivity index (χ1) is 18.2. The van der Waals surface area contributed by atoms with Crippen molar-refractivity contribution in [1.82, 2.24) is 10.2 Å². The Morgan fingerprint density at radius 2 is 1.63 bits per heavy atom. The lowest BCUT2D eigenvalue weighted by Crippen LogP contribution is -2.54. The maximum atomic E-state index is 13.4. The summed E-state index contributed by atoms with van der Waals surface area (Å²) in [4.78, 5) is 28.4. The molecule has 206 valence electrons. The van der Waals surface area contributed by atoms with Crippen molar-refractivity contribution >= 4 is 11.8 Å². The van der Waals surface area contributed by atoms with Crippen molar-refractivity contribution in [3.05, 3.63) is 53.6 Å². The summed E-state index contributed by atoms with van der Waals surface area (Å²) >= 11 is 0. The Morgan fingerprint density at radius 3 is 2.32 bits per heavy atom. The molecule has 1 heterocycles. The normalized spacial score (nSPS) is 20.5. The Balaban J connectivity index is 1.53. The quantitative estimate of drug-likeness (QED) is 0.512. The highest BCUT2D eigenvalue weighted by molar-refractivity contribution is 5.97. The van der Waals surface area contributed by atoms with Crippen molar-refractivity contribution < 1.29 is 37.0 Å². The molecule has 1 saturated heterocycles. The first-order valence-electron chi connectivity index (χ1n) is 12.9. The smallest absolute Gasteiger partial charge is 0.493 e. The monoisotopic (exact) mass is 534 g/mol. The van der Waals surface area contributed by atoms with Crippen LogP contribution in [0.5, 0.6) is 17.2 Å². The molecule has 7 nitrogen and oxygen atoms in total. The van der Waals surface area contributed by atoms with E-state index in [0.717, 1.165) is 38.2 Å². The number of benzene rings is 2. The van der Waals surface area contributed by atoms with Crippen molar-refractivity contribution in [2.24, 2.45) is 11.8 Å². The number of methoxy groups -OCH3 is 2. The van der Waals surface area contributed by atoms with Crippen LogP contribution >= 0.6 is 0 Å². The summed E-state index contributed by atoms with van der Waals surface area (Å²) in [7, 11) is 3.04. The summed E-state index contributed by atoms with van der Waals surface area (Å²) in [6.07, 6.45) is 0.871. The standard InChI is InChI=1S/C28H33F3N2O5/c1-36-24-13-12-19(16-25(24)37-2)27(35)33-15-14-22(21(17-33)18-8-4-3-5-9-18)32-26(34)20-10-6-7-11-23(20)38-28(29,30)31/h6-7,10-13,16,18,21-22H,3-5,8-9,14-15,17H2,1-2H3,(H,32,34)/t21?,22-/m1/s1. The Bertz CT molecular complexity index is 1130. The van der Waals surface area contributed by atoms with E-state index in [-0.39, 0.29) is 23.4 Å². The zero-order valence-electron chi connectivity index (χ0n) is 21.6. The van der Waals surface area contributed by atoms with Gasteiger partial charge in [0.1, 0.15) is 5.75 Å². The number of piperidine rings is 1. The van der Waals surface area contributed by atoms with Gasteiger partial charge in [0.2, 0.25) is 0 Å². The van der Waals surface area contributed by atoms with Crippen LogP contribution in [0.15, 0.2) is 42.5 Å². The minimum Gasteiger partial charge on any atom is -0.493 e. The average molecular weight is 535 g/mol. The number of carbonyl (C=O) groups excluding carboxylic acids is 2. The second-order valence-electron chi connectivity index (χ2n) is 9.80. The Morgan fingerprint density at radius 1 is 0.921 bits per heavy atom. The molecule has 38 heavy (non-hydrogen) atoms. The lowest BCUT2D eigenvalue weighted by molar-refractivity contribution is -0.274. The van der Waals surface area contributed by atoms with Gasteiger partial charge in [-0.3, -0.25) is 9.59 Å². The van der Waals surface area contributed by atoms with Crippen molar-refractivity contribution in [3.63, 3.8) is 0 Å². The van der Waals surface area contributed by atoms with Gasteiger partial charge in [0.05, 0.1) is 19.8 Å². The molecule has 2 aromatic rings. The van der Waals surface area contributed by atoms with Crippen LogP contribution in [0.25, 0.3) is 0 Å². The molecule has 0 spiro atoms. The van der Waals surface area contributed by atoms with E-state index in [1.807, 2.05) is 0 Å². The van der Waals surface area contributed by atoms with Crippen LogP contribution in [0.2, 0.25) is 0 Å². The molecule has 2 aromatic carbocycles.